The average Bonchev–Trinajstić information content (AvgIpc) is 2.56. The van der Waals surface area contributed by atoms with Crippen molar-refractivity contribution in [3.05, 3.63) is 68.2 Å². The van der Waals surface area contributed by atoms with Crippen LogP contribution in [0.4, 0.5) is 11.4 Å². The summed E-state index contributed by atoms with van der Waals surface area (Å²) >= 11 is 11.9. The molecule has 2 aromatic rings. The molecule has 0 saturated carbocycles. The Kier molecular flexibility index (Phi) is 5.78. The van der Waals surface area contributed by atoms with Crippen molar-refractivity contribution in [1.29, 1.82) is 0 Å². The molecule has 0 aliphatic heterocycles. The van der Waals surface area contributed by atoms with Crippen LogP contribution in [0.1, 0.15) is 5.56 Å². The molecule has 8 heteroatoms. The van der Waals surface area contributed by atoms with Crippen LogP contribution >= 0.6 is 23.2 Å². The van der Waals surface area contributed by atoms with Crippen LogP contribution in [0.5, 0.6) is 5.75 Å². The van der Waals surface area contributed by atoms with Crippen LogP contribution in [0.25, 0.3) is 6.08 Å². The van der Waals surface area contributed by atoms with Gasteiger partial charge in [0.1, 0.15) is 5.75 Å². The number of carbonyl (C=O) groups excluding carboxylic acids is 1. The quantitative estimate of drug-likeness (QED) is 0.477. The molecule has 1 amide bonds. The minimum absolute atomic E-state index is 0.159. The maximum absolute atomic E-state index is 12.0. The minimum Gasteiger partial charge on any atom is -0.495 e. The van der Waals surface area contributed by atoms with Crippen LogP contribution in [0.2, 0.25) is 10.0 Å². The Hall–Kier alpha value is -2.57. The third kappa shape index (κ3) is 4.24. The van der Waals surface area contributed by atoms with E-state index in [1.165, 1.54) is 37.5 Å². The molecule has 0 aliphatic carbocycles. The number of non-ortho nitro benzene ring substituents is 1. The summed E-state index contributed by atoms with van der Waals surface area (Å²) in [5.41, 5.74) is 0.608. The lowest BCUT2D eigenvalue weighted by molar-refractivity contribution is -0.384. The molecular formula is C16H12Cl2N2O4. The van der Waals surface area contributed by atoms with Crippen molar-refractivity contribution in [2.75, 3.05) is 12.4 Å². The molecule has 0 atom stereocenters. The van der Waals surface area contributed by atoms with Crippen molar-refractivity contribution in [2.45, 2.75) is 0 Å². The lowest BCUT2D eigenvalue weighted by Crippen LogP contribution is -2.09. The highest BCUT2D eigenvalue weighted by Gasteiger charge is 2.12. The van der Waals surface area contributed by atoms with E-state index in [1.54, 1.807) is 18.2 Å². The van der Waals surface area contributed by atoms with Gasteiger partial charge in [0, 0.05) is 18.2 Å². The zero-order chi connectivity index (χ0) is 17.7. The number of hydrogen-bond acceptors (Lipinski definition) is 4. The molecule has 0 radical (unpaired) electrons. The van der Waals surface area contributed by atoms with Gasteiger partial charge in [-0.15, -0.1) is 0 Å². The average molecular weight is 367 g/mol. The number of nitrogens with one attached hydrogen (secondary N) is 1. The van der Waals surface area contributed by atoms with Crippen molar-refractivity contribution in [2.24, 2.45) is 0 Å². The zero-order valence-electron chi connectivity index (χ0n) is 12.5. The number of anilines is 1. The zero-order valence-corrected chi connectivity index (χ0v) is 14.0. The molecule has 24 heavy (non-hydrogen) atoms. The summed E-state index contributed by atoms with van der Waals surface area (Å²) in [5, 5.41) is 14.1. The van der Waals surface area contributed by atoms with E-state index in [-0.39, 0.29) is 11.4 Å². The Labute approximate surface area is 147 Å². The summed E-state index contributed by atoms with van der Waals surface area (Å²) < 4.78 is 5.08. The largest absolute Gasteiger partial charge is 0.495 e. The molecule has 0 bridgehead atoms. The van der Waals surface area contributed by atoms with Gasteiger partial charge in [0.2, 0.25) is 5.91 Å². The lowest BCUT2D eigenvalue weighted by Gasteiger charge is -2.08. The maximum Gasteiger partial charge on any atom is 0.271 e. The van der Waals surface area contributed by atoms with Gasteiger partial charge in [-0.3, -0.25) is 14.9 Å². The number of amides is 1. The standard InChI is InChI=1S/C16H12Cl2N2O4/c1-24-14-7-6-11(20(22)23)9-13(14)19-15(21)8-5-10-3-2-4-12(17)16(10)18/h2-9H,1H3,(H,19,21)/b8-5+. The normalized spacial score (nSPS) is 10.6. The van der Waals surface area contributed by atoms with Crippen molar-refractivity contribution < 1.29 is 14.5 Å². The van der Waals surface area contributed by atoms with Gasteiger partial charge in [-0.25, -0.2) is 0 Å². The highest BCUT2D eigenvalue weighted by Crippen LogP contribution is 2.29. The van der Waals surface area contributed by atoms with Crippen LogP contribution in [-0.4, -0.2) is 17.9 Å². The molecule has 0 spiro atoms. The second kappa shape index (κ2) is 7.81. The fraction of sp³-hybridized carbons (Fsp3) is 0.0625. The van der Waals surface area contributed by atoms with Crippen LogP contribution in [0.15, 0.2) is 42.5 Å². The molecule has 1 N–H and O–H groups in total. The fourth-order valence-corrected chi connectivity index (χ4v) is 2.27. The van der Waals surface area contributed by atoms with Gasteiger partial charge < -0.3 is 10.1 Å². The molecule has 124 valence electrons. The summed E-state index contributed by atoms with van der Waals surface area (Å²) in [6, 6.07) is 8.95. The van der Waals surface area contributed by atoms with Gasteiger partial charge in [-0.2, -0.15) is 0 Å². The Morgan fingerprint density at radius 1 is 1.29 bits per heavy atom. The Morgan fingerprint density at radius 2 is 2.04 bits per heavy atom. The van der Waals surface area contributed by atoms with E-state index in [0.717, 1.165) is 0 Å². The molecule has 2 rings (SSSR count). The Balaban J connectivity index is 2.20. The van der Waals surface area contributed by atoms with Gasteiger partial charge >= 0.3 is 0 Å². The number of carbonyl (C=O) groups is 1. The number of nitrogens with zero attached hydrogens (tertiary/aromatic N) is 1. The number of hydrogen-bond donors (Lipinski definition) is 1. The molecule has 0 fully saturated rings. The van der Waals surface area contributed by atoms with E-state index in [1.807, 2.05) is 0 Å². The SMILES string of the molecule is COc1ccc([N+](=O)[O-])cc1NC(=O)/C=C/c1cccc(Cl)c1Cl. The van der Waals surface area contributed by atoms with Crippen LogP contribution in [-0.2, 0) is 4.79 Å². The molecule has 0 saturated heterocycles. The first-order chi connectivity index (χ1) is 11.4. The van der Waals surface area contributed by atoms with E-state index in [2.05, 4.69) is 5.32 Å². The van der Waals surface area contributed by atoms with Gasteiger partial charge in [0.05, 0.1) is 27.8 Å². The summed E-state index contributed by atoms with van der Waals surface area (Å²) in [6.45, 7) is 0. The lowest BCUT2D eigenvalue weighted by atomic mass is 10.2. The second-order valence-corrected chi connectivity index (χ2v) is 5.39. The van der Waals surface area contributed by atoms with Crippen LogP contribution in [0, 0.1) is 10.1 Å². The van der Waals surface area contributed by atoms with E-state index < -0.39 is 10.8 Å². The fourth-order valence-electron chi connectivity index (χ4n) is 1.90. The molecule has 0 aliphatic rings. The van der Waals surface area contributed by atoms with Gasteiger partial charge in [-0.1, -0.05) is 35.3 Å². The summed E-state index contributed by atoms with van der Waals surface area (Å²) in [4.78, 5) is 22.3. The van der Waals surface area contributed by atoms with Gasteiger partial charge in [0.15, 0.2) is 0 Å². The number of nitro groups is 1. The van der Waals surface area contributed by atoms with Gasteiger partial charge in [0.25, 0.3) is 5.69 Å². The third-order valence-electron chi connectivity index (χ3n) is 3.05. The first kappa shape index (κ1) is 17.8. The predicted octanol–water partition coefficient (Wildman–Crippen LogP) is 4.56. The van der Waals surface area contributed by atoms with Crippen molar-refractivity contribution >= 4 is 46.6 Å². The number of halogens is 2. The highest BCUT2D eigenvalue weighted by atomic mass is 35.5. The van der Waals surface area contributed by atoms with Crippen LogP contribution in [0.3, 0.4) is 0 Å². The first-order valence-corrected chi connectivity index (χ1v) is 7.43. The molecule has 6 nitrogen and oxygen atoms in total. The third-order valence-corrected chi connectivity index (χ3v) is 3.88. The summed E-state index contributed by atoms with van der Waals surface area (Å²) in [5.74, 6) is -0.187. The molecule has 2 aromatic carbocycles. The molecule has 0 aromatic heterocycles. The van der Waals surface area contributed by atoms with Crippen LogP contribution < -0.4 is 10.1 Å². The number of nitro benzene ring substituents is 1. The highest BCUT2D eigenvalue weighted by molar-refractivity contribution is 6.42. The summed E-state index contributed by atoms with van der Waals surface area (Å²) in [7, 11) is 1.40. The van der Waals surface area contributed by atoms with E-state index in [9.17, 15) is 14.9 Å². The second-order valence-electron chi connectivity index (χ2n) is 4.61. The minimum atomic E-state index is -0.559. The van der Waals surface area contributed by atoms with Crippen molar-refractivity contribution in [3.8, 4) is 5.75 Å². The smallest absolute Gasteiger partial charge is 0.271 e. The monoisotopic (exact) mass is 366 g/mol. The van der Waals surface area contributed by atoms with E-state index in [0.29, 0.717) is 21.4 Å². The topological polar surface area (TPSA) is 81.5 Å². The number of ether oxygens (including phenoxy) is 1. The first-order valence-electron chi connectivity index (χ1n) is 6.68. The van der Waals surface area contributed by atoms with E-state index >= 15 is 0 Å². The molecular weight excluding hydrogens is 355 g/mol. The predicted molar refractivity (Wildman–Crippen MR) is 93.8 cm³/mol. The van der Waals surface area contributed by atoms with Crippen molar-refractivity contribution in [3.63, 3.8) is 0 Å². The summed E-state index contributed by atoms with van der Waals surface area (Å²) in [6.07, 6.45) is 2.74. The number of methoxy groups -OCH3 is 1. The Bertz CT molecular complexity index is 822. The van der Waals surface area contributed by atoms with Crippen molar-refractivity contribution in [1.82, 2.24) is 0 Å². The van der Waals surface area contributed by atoms with Gasteiger partial charge in [-0.05, 0) is 23.8 Å². The maximum atomic E-state index is 12.0. The Morgan fingerprint density at radius 3 is 2.71 bits per heavy atom. The van der Waals surface area contributed by atoms with E-state index in [4.69, 9.17) is 27.9 Å². The number of rotatable bonds is 5. The number of benzene rings is 2. The molecule has 0 unspecified atom stereocenters. The molecule has 0 heterocycles.